The van der Waals surface area contributed by atoms with E-state index < -0.39 is 23.8 Å². The number of thiocarbonyl (C=S) groups is 1. The van der Waals surface area contributed by atoms with Crippen molar-refractivity contribution < 1.29 is 33.4 Å². The molecule has 0 heterocycles. The number of hydrogen-bond donors (Lipinski definition) is 3. The molecule has 2 amide bonds. The summed E-state index contributed by atoms with van der Waals surface area (Å²) in [5.74, 6) is -1.63. The van der Waals surface area contributed by atoms with Crippen molar-refractivity contribution >= 4 is 41.1 Å². The monoisotopic (exact) mass is 501 g/mol. The largest absolute Gasteiger partial charge is 0.484 e. The number of amides is 2. The number of hydrogen-bond acceptors (Lipinski definition) is 8. The summed E-state index contributed by atoms with van der Waals surface area (Å²) in [5, 5.41) is 2.21. The number of nitrogens with one attached hydrogen (secondary N) is 3. The van der Waals surface area contributed by atoms with E-state index >= 15 is 0 Å². The van der Waals surface area contributed by atoms with E-state index in [9.17, 15) is 19.2 Å². The molecule has 0 saturated heterocycles. The molecule has 0 aromatic heterocycles. The van der Waals surface area contributed by atoms with Crippen LogP contribution in [0, 0.1) is 0 Å². The van der Waals surface area contributed by atoms with Gasteiger partial charge in [-0.05, 0) is 49.0 Å². The summed E-state index contributed by atoms with van der Waals surface area (Å²) in [6.07, 6.45) is 0.373. The summed E-state index contributed by atoms with van der Waals surface area (Å²) in [4.78, 5) is 47.2. The predicted molar refractivity (Wildman–Crippen MR) is 130 cm³/mol. The number of carbonyl (C=O) groups excluding carboxylic acids is 4. The first-order valence-electron chi connectivity index (χ1n) is 10.9. The molecule has 0 saturated carbocycles. The van der Waals surface area contributed by atoms with Crippen molar-refractivity contribution in [3.63, 3.8) is 0 Å². The highest BCUT2D eigenvalue weighted by Crippen LogP contribution is 2.12. The second kappa shape index (κ2) is 15.0. The molecule has 2 aromatic carbocycles. The Balaban J connectivity index is 1.57. The zero-order chi connectivity index (χ0) is 25.5. The van der Waals surface area contributed by atoms with Crippen molar-refractivity contribution in [2.24, 2.45) is 0 Å². The number of benzene rings is 2. The van der Waals surface area contributed by atoms with Crippen LogP contribution in [-0.4, -0.2) is 48.7 Å². The van der Waals surface area contributed by atoms with E-state index in [0.717, 1.165) is 5.56 Å². The number of ether oxygens (including phenoxy) is 3. The third-order valence-corrected chi connectivity index (χ3v) is 4.56. The molecular formula is C24H27N3O7S. The maximum atomic E-state index is 11.9. The van der Waals surface area contributed by atoms with Gasteiger partial charge in [-0.3, -0.25) is 25.2 Å². The summed E-state index contributed by atoms with van der Waals surface area (Å²) >= 11 is 4.93. The molecule has 186 valence electrons. The smallest absolute Gasteiger partial charge is 0.338 e. The molecule has 0 aliphatic heterocycles. The van der Waals surface area contributed by atoms with Gasteiger partial charge in [-0.2, -0.15) is 0 Å². The minimum absolute atomic E-state index is 0.0988. The van der Waals surface area contributed by atoms with Gasteiger partial charge in [-0.1, -0.05) is 30.3 Å². The van der Waals surface area contributed by atoms with E-state index in [4.69, 9.17) is 26.4 Å². The van der Waals surface area contributed by atoms with Crippen molar-refractivity contribution in [3.05, 3.63) is 65.7 Å². The van der Waals surface area contributed by atoms with Crippen LogP contribution in [0.2, 0.25) is 0 Å². The van der Waals surface area contributed by atoms with Crippen LogP contribution in [0.3, 0.4) is 0 Å². The lowest BCUT2D eigenvalue weighted by molar-refractivity contribution is -0.144. The Morgan fingerprint density at radius 3 is 2.26 bits per heavy atom. The molecule has 0 bridgehead atoms. The zero-order valence-electron chi connectivity index (χ0n) is 19.2. The molecule has 0 atom stereocenters. The highest BCUT2D eigenvalue weighted by Gasteiger charge is 2.11. The van der Waals surface area contributed by atoms with Gasteiger partial charge < -0.3 is 19.5 Å². The lowest BCUT2D eigenvalue weighted by Crippen LogP contribution is -2.49. The van der Waals surface area contributed by atoms with Gasteiger partial charge in [0.25, 0.3) is 5.91 Å². The summed E-state index contributed by atoms with van der Waals surface area (Å²) in [7, 11) is 0. The van der Waals surface area contributed by atoms with Gasteiger partial charge in [0, 0.05) is 12.8 Å². The lowest BCUT2D eigenvalue weighted by Gasteiger charge is -2.11. The third kappa shape index (κ3) is 11.1. The Morgan fingerprint density at radius 2 is 1.57 bits per heavy atom. The number of carbonyl (C=O) groups is 4. The number of esters is 2. The summed E-state index contributed by atoms with van der Waals surface area (Å²) in [5.41, 5.74) is 6.06. The molecule has 0 spiro atoms. The van der Waals surface area contributed by atoms with Crippen LogP contribution in [0.5, 0.6) is 5.75 Å². The molecule has 2 aromatic rings. The SMILES string of the molecule is CCOC(=O)c1ccc(OCC(=O)NNC(=S)NC(=O)CCC(=O)OCCc2ccccc2)cc1. The maximum Gasteiger partial charge on any atom is 0.338 e. The number of hydrazine groups is 1. The average molecular weight is 502 g/mol. The normalized spacial score (nSPS) is 9.97. The fourth-order valence-corrected chi connectivity index (χ4v) is 2.81. The zero-order valence-corrected chi connectivity index (χ0v) is 20.0. The van der Waals surface area contributed by atoms with E-state index in [1.165, 1.54) is 24.3 Å². The van der Waals surface area contributed by atoms with Crippen molar-refractivity contribution in [2.45, 2.75) is 26.2 Å². The maximum absolute atomic E-state index is 11.9. The molecule has 0 unspecified atom stereocenters. The average Bonchev–Trinajstić information content (AvgIpc) is 2.86. The van der Waals surface area contributed by atoms with Crippen LogP contribution in [0.25, 0.3) is 0 Å². The lowest BCUT2D eigenvalue weighted by atomic mass is 10.2. The van der Waals surface area contributed by atoms with E-state index in [1.54, 1.807) is 6.92 Å². The Labute approximate surface area is 208 Å². The van der Waals surface area contributed by atoms with Gasteiger partial charge in [0.2, 0.25) is 5.91 Å². The molecular weight excluding hydrogens is 474 g/mol. The fraction of sp³-hybridized carbons (Fsp3) is 0.292. The minimum Gasteiger partial charge on any atom is -0.484 e. The molecule has 10 nitrogen and oxygen atoms in total. The summed E-state index contributed by atoms with van der Waals surface area (Å²) < 4.78 is 15.3. The Kier molecular flexibility index (Phi) is 11.7. The Morgan fingerprint density at radius 1 is 0.857 bits per heavy atom. The van der Waals surface area contributed by atoms with E-state index in [1.807, 2.05) is 30.3 Å². The quantitative estimate of drug-likeness (QED) is 0.240. The highest BCUT2D eigenvalue weighted by molar-refractivity contribution is 7.80. The van der Waals surface area contributed by atoms with Crippen molar-refractivity contribution in [2.75, 3.05) is 19.8 Å². The van der Waals surface area contributed by atoms with Gasteiger partial charge in [0.15, 0.2) is 11.7 Å². The second-order valence-electron chi connectivity index (χ2n) is 7.04. The molecule has 2 rings (SSSR count). The summed E-state index contributed by atoms with van der Waals surface area (Å²) in [6.45, 7) is 1.88. The van der Waals surface area contributed by atoms with E-state index in [2.05, 4.69) is 16.2 Å². The standard InChI is InChI=1S/C24H27N3O7S/c1-2-32-23(31)18-8-10-19(11-9-18)34-16-21(29)26-27-24(35)25-20(28)12-13-22(30)33-15-14-17-6-4-3-5-7-17/h3-11H,2,12-16H2,1H3,(H,26,29)(H2,25,27,28,35). The molecule has 11 heteroatoms. The van der Waals surface area contributed by atoms with E-state index in [-0.39, 0.29) is 37.8 Å². The highest BCUT2D eigenvalue weighted by atomic mass is 32.1. The molecule has 0 radical (unpaired) electrons. The Hall–Kier alpha value is -3.99. The molecule has 3 N–H and O–H groups in total. The van der Waals surface area contributed by atoms with Crippen LogP contribution in [-0.2, 0) is 30.3 Å². The molecule has 0 aliphatic rings. The fourth-order valence-electron chi connectivity index (χ4n) is 2.65. The summed E-state index contributed by atoms with van der Waals surface area (Å²) in [6, 6.07) is 15.7. The first-order chi connectivity index (χ1) is 16.9. The molecule has 35 heavy (non-hydrogen) atoms. The topological polar surface area (TPSA) is 132 Å². The minimum atomic E-state index is -0.557. The first kappa shape index (κ1) is 27.3. The molecule has 0 fully saturated rings. The number of rotatable bonds is 11. The van der Waals surface area contributed by atoms with Crippen LogP contribution >= 0.6 is 12.2 Å². The first-order valence-corrected chi connectivity index (χ1v) is 11.3. The van der Waals surface area contributed by atoms with Crippen molar-refractivity contribution in [3.8, 4) is 5.75 Å². The van der Waals surface area contributed by atoms with Gasteiger partial charge >= 0.3 is 11.9 Å². The van der Waals surface area contributed by atoms with Gasteiger partial charge in [-0.25, -0.2) is 4.79 Å². The predicted octanol–water partition coefficient (Wildman–Crippen LogP) is 1.83. The van der Waals surface area contributed by atoms with Crippen LogP contribution < -0.4 is 20.9 Å². The second-order valence-corrected chi connectivity index (χ2v) is 7.45. The van der Waals surface area contributed by atoms with Gasteiger partial charge in [0.1, 0.15) is 5.75 Å². The van der Waals surface area contributed by atoms with Crippen LogP contribution in [0.15, 0.2) is 54.6 Å². The van der Waals surface area contributed by atoms with Crippen molar-refractivity contribution in [1.82, 2.24) is 16.2 Å². The third-order valence-electron chi connectivity index (χ3n) is 4.36. The van der Waals surface area contributed by atoms with Gasteiger partial charge in [-0.15, -0.1) is 0 Å². The Bertz CT molecular complexity index is 1010. The van der Waals surface area contributed by atoms with E-state index in [0.29, 0.717) is 17.7 Å². The van der Waals surface area contributed by atoms with Gasteiger partial charge in [0.05, 0.1) is 25.2 Å². The van der Waals surface area contributed by atoms with Crippen LogP contribution in [0.1, 0.15) is 35.7 Å². The van der Waals surface area contributed by atoms with Crippen LogP contribution in [0.4, 0.5) is 0 Å². The molecule has 0 aliphatic carbocycles. The van der Waals surface area contributed by atoms with Crippen molar-refractivity contribution in [1.29, 1.82) is 0 Å².